The van der Waals surface area contributed by atoms with Crippen molar-refractivity contribution >= 4 is 34.2 Å². The van der Waals surface area contributed by atoms with Crippen molar-refractivity contribution in [1.82, 2.24) is 20.2 Å². The molecule has 4 N–H and O–H groups in total. The van der Waals surface area contributed by atoms with Crippen LogP contribution in [0.3, 0.4) is 0 Å². The Morgan fingerprint density at radius 2 is 1.97 bits per heavy atom. The number of nitrogens with zero attached hydrogens (tertiary/aromatic N) is 1. The fourth-order valence-electron chi connectivity index (χ4n) is 3.77. The first-order valence-corrected chi connectivity index (χ1v) is 11.2. The predicted octanol–water partition coefficient (Wildman–Crippen LogP) is 2.98. The van der Waals surface area contributed by atoms with Crippen LogP contribution in [-0.2, 0) is 11.2 Å². The van der Waals surface area contributed by atoms with Gasteiger partial charge in [-0.2, -0.15) is 13.2 Å². The molecule has 1 fully saturated rings. The van der Waals surface area contributed by atoms with Crippen LogP contribution in [0, 0.1) is 0 Å². The maximum absolute atomic E-state index is 12.7. The van der Waals surface area contributed by atoms with Crippen molar-refractivity contribution in [3.63, 3.8) is 0 Å². The molecule has 8 nitrogen and oxygen atoms in total. The van der Waals surface area contributed by atoms with Crippen molar-refractivity contribution in [2.45, 2.75) is 37.5 Å². The second kappa shape index (κ2) is 9.02. The lowest BCUT2D eigenvalue weighted by molar-refractivity contribution is -0.192. The van der Waals surface area contributed by atoms with Crippen LogP contribution in [0.1, 0.15) is 45.7 Å². The number of carboxylic acids is 1. The second-order valence-corrected chi connectivity index (χ2v) is 8.83. The van der Waals surface area contributed by atoms with Gasteiger partial charge in [0.1, 0.15) is 0 Å². The summed E-state index contributed by atoms with van der Waals surface area (Å²) in [7, 11) is 0. The number of carbonyl (C=O) groups is 2. The van der Waals surface area contributed by atoms with Crippen LogP contribution in [0.25, 0.3) is 11.0 Å². The van der Waals surface area contributed by atoms with Gasteiger partial charge in [-0.1, -0.05) is 0 Å². The van der Waals surface area contributed by atoms with Gasteiger partial charge >= 0.3 is 17.8 Å². The van der Waals surface area contributed by atoms with Gasteiger partial charge in [0.05, 0.1) is 17.1 Å². The third-order valence-corrected chi connectivity index (χ3v) is 6.50. The summed E-state index contributed by atoms with van der Waals surface area (Å²) in [5, 5.41) is 15.8. The van der Waals surface area contributed by atoms with Gasteiger partial charge in [0.25, 0.3) is 5.91 Å². The minimum absolute atomic E-state index is 0.0866. The Bertz CT molecular complexity index is 1240. The number of fused-ring (bicyclic) bond motifs is 2. The largest absolute Gasteiger partial charge is 0.490 e. The number of hydrogen-bond acceptors (Lipinski definition) is 5. The van der Waals surface area contributed by atoms with E-state index in [0.29, 0.717) is 12.1 Å². The fraction of sp³-hybridized carbons (Fsp3) is 0.381. The summed E-state index contributed by atoms with van der Waals surface area (Å²) in [6.07, 6.45) is -1.97. The Labute approximate surface area is 189 Å². The summed E-state index contributed by atoms with van der Waals surface area (Å²) in [5.74, 6) is -2.86. The van der Waals surface area contributed by atoms with Crippen molar-refractivity contribution in [3.8, 4) is 0 Å². The summed E-state index contributed by atoms with van der Waals surface area (Å²) in [6.45, 7) is 1.50. The molecule has 0 spiro atoms. The number of H-pyrrole nitrogens is 1. The van der Waals surface area contributed by atoms with E-state index in [9.17, 15) is 22.8 Å². The van der Waals surface area contributed by atoms with E-state index >= 15 is 0 Å². The topological polar surface area (TPSA) is 116 Å². The van der Waals surface area contributed by atoms with Gasteiger partial charge in [-0.3, -0.25) is 9.36 Å². The van der Waals surface area contributed by atoms with E-state index in [1.54, 1.807) is 22.0 Å². The number of amides is 1. The van der Waals surface area contributed by atoms with Crippen molar-refractivity contribution in [1.29, 1.82) is 0 Å². The smallest absolute Gasteiger partial charge is 0.475 e. The van der Waals surface area contributed by atoms with Crippen LogP contribution >= 0.6 is 11.3 Å². The summed E-state index contributed by atoms with van der Waals surface area (Å²) in [5.41, 5.74) is 3.41. The molecule has 1 amide bonds. The number of aliphatic carboxylic acids is 1. The van der Waals surface area contributed by atoms with Gasteiger partial charge in [-0.15, -0.1) is 11.3 Å². The summed E-state index contributed by atoms with van der Waals surface area (Å²) in [6, 6.07) is 8.00. The molecule has 12 heteroatoms. The van der Waals surface area contributed by atoms with Crippen LogP contribution < -0.4 is 16.3 Å². The summed E-state index contributed by atoms with van der Waals surface area (Å²) < 4.78 is 33.5. The molecule has 1 aliphatic carbocycles. The molecule has 5 rings (SSSR count). The predicted molar refractivity (Wildman–Crippen MR) is 116 cm³/mol. The fourth-order valence-corrected chi connectivity index (χ4v) is 4.72. The number of nitrogens with one attached hydrogen (secondary N) is 3. The first kappa shape index (κ1) is 23.1. The molecule has 3 aromatic rings. The molecule has 2 aromatic heterocycles. The van der Waals surface area contributed by atoms with Crippen LogP contribution in [0.4, 0.5) is 13.2 Å². The molecule has 1 saturated carbocycles. The van der Waals surface area contributed by atoms with Crippen molar-refractivity contribution in [3.05, 3.63) is 56.1 Å². The van der Waals surface area contributed by atoms with Gasteiger partial charge in [0, 0.05) is 29.6 Å². The van der Waals surface area contributed by atoms with Crippen molar-refractivity contribution in [2.24, 2.45) is 0 Å². The molecule has 1 unspecified atom stereocenters. The van der Waals surface area contributed by atoms with E-state index in [1.807, 2.05) is 12.1 Å². The normalized spacial score (nSPS) is 17.7. The lowest BCUT2D eigenvalue weighted by Crippen LogP contribution is -2.38. The molecule has 0 bridgehead atoms. The number of aromatic nitrogens is 2. The molecule has 3 heterocycles. The van der Waals surface area contributed by atoms with E-state index in [0.717, 1.165) is 36.8 Å². The number of aromatic amines is 1. The van der Waals surface area contributed by atoms with Gasteiger partial charge in [0.15, 0.2) is 0 Å². The Hall–Kier alpha value is -3.12. The molecule has 1 aromatic carbocycles. The van der Waals surface area contributed by atoms with Gasteiger partial charge in [0.2, 0.25) is 0 Å². The molecular weight excluding hydrogens is 461 g/mol. The average molecular weight is 482 g/mol. The Morgan fingerprint density at radius 1 is 1.24 bits per heavy atom. The maximum Gasteiger partial charge on any atom is 0.490 e. The number of benzene rings is 1. The van der Waals surface area contributed by atoms with Crippen LogP contribution in [0.5, 0.6) is 0 Å². The number of halogens is 3. The van der Waals surface area contributed by atoms with E-state index in [2.05, 4.69) is 27.1 Å². The highest BCUT2D eigenvalue weighted by Crippen LogP contribution is 2.35. The SMILES string of the molecule is O=C(NCC1NCCc2sccc21)c1ccc2[nH]c(=O)n(C3CC3)c2c1.O=C(O)C(F)(F)F. The summed E-state index contributed by atoms with van der Waals surface area (Å²) >= 11 is 1.79. The Balaban J connectivity index is 0.000000325. The van der Waals surface area contributed by atoms with Crippen LogP contribution in [-0.4, -0.2) is 45.8 Å². The molecule has 33 heavy (non-hydrogen) atoms. The molecular formula is C21H21F3N4O4S. The number of alkyl halides is 3. The number of carboxylic acid groups (broad SMARTS) is 1. The maximum atomic E-state index is 12.7. The standard InChI is InChI=1S/C19H20N4O2S.C2HF3O2/c24-18(21-10-15-13-6-8-26-17(13)5-7-20-15)11-1-4-14-16(9-11)23(12-2-3-12)19(25)22-14;3-2(4,5)1(6)7/h1,4,6,8-9,12,15,20H,2-3,5,7,10H2,(H,21,24)(H,22,25);(H,6,7). The highest BCUT2D eigenvalue weighted by atomic mass is 32.1. The molecule has 2 aliphatic rings. The molecule has 0 radical (unpaired) electrons. The monoisotopic (exact) mass is 482 g/mol. The van der Waals surface area contributed by atoms with Crippen LogP contribution in [0.15, 0.2) is 34.4 Å². The third-order valence-electron chi connectivity index (χ3n) is 5.50. The van der Waals surface area contributed by atoms with Gasteiger partial charge in [-0.25, -0.2) is 9.59 Å². The zero-order valence-electron chi connectivity index (χ0n) is 17.2. The van der Waals surface area contributed by atoms with Crippen molar-refractivity contribution in [2.75, 3.05) is 13.1 Å². The van der Waals surface area contributed by atoms with Gasteiger partial charge < -0.3 is 20.7 Å². The molecule has 176 valence electrons. The van der Waals surface area contributed by atoms with Crippen LogP contribution in [0.2, 0.25) is 0 Å². The second-order valence-electron chi connectivity index (χ2n) is 7.83. The lowest BCUT2D eigenvalue weighted by atomic mass is 10.0. The number of imidazole rings is 1. The quantitative estimate of drug-likeness (QED) is 0.456. The minimum atomic E-state index is -5.08. The van der Waals surface area contributed by atoms with Crippen molar-refractivity contribution < 1.29 is 27.9 Å². The number of hydrogen-bond donors (Lipinski definition) is 4. The number of carbonyl (C=O) groups excluding carboxylic acids is 1. The molecule has 0 saturated heterocycles. The van der Waals surface area contributed by atoms with E-state index in [1.165, 1.54) is 10.4 Å². The zero-order valence-corrected chi connectivity index (χ0v) is 18.1. The molecule has 1 atom stereocenters. The first-order chi connectivity index (χ1) is 15.6. The first-order valence-electron chi connectivity index (χ1n) is 10.3. The summed E-state index contributed by atoms with van der Waals surface area (Å²) in [4.78, 5) is 38.0. The van der Waals surface area contributed by atoms with Gasteiger partial charge in [-0.05, 0) is 54.5 Å². The van der Waals surface area contributed by atoms with E-state index in [4.69, 9.17) is 9.90 Å². The van der Waals surface area contributed by atoms with E-state index in [-0.39, 0.29) is 23.7 Å². The molecule has 1 aliphatic heterocycles. The Morgan fingerprint density at radius 3 is 2.64 bits per heavy atom. The van der Waals surface area contributed by atoms with E-state index < -0.39 is 12.1 Å². The third kappa shape index (κ3) is 5.11. The zero-order chi connectivity index (χ0) is 23.8. The highest BCUT2D eigenvalue weighted by molar-refractivity contribution is 7.10. The average Bonchev–Trinajstić information content (AvgIpc) is 3.36. The lowest BCUT2D eigenvalue weighted by Gasteiger charge is -2.24. The highest BCUT2D eigenvalue weighted by Gasteiger charge is 2.38. The Kier molecular flexibility index (Phi) is 6.30. The number of thiophene rings is 1. The minimum Gasteiger partial charge on any atom is -0.475 e. The number of rotatable bonds is 4.